The second kappa shape index (κ2) is 8.01. The van der Waals surface area contributed by atoms with Crippen LogP contribution in [0.5, 0.6) is 0 Å². The number of hydrogen-bond donors (Lipinski definition) is 0. The fourth-order valence-electron chi connectivity index (χ4n) is 2.98. The van der Waals surface area contributed by atoms with Crippen molar-refractivity contribution in [3.05, 3.63) is 115 Å². The zero-order valence-corrected chi connectivity index (χ0v) is 16.8. The van der Waals surface area contributed by atoms with Crippen LogP contribution in [0.25, 0.3) is 0 Å². The van der Waals surface area contributed by atoms with Crippen molar-refractivity contribution in [1.82, 2.24) is 0 Å². The van der Waals surface area contributed by atoms with Crippen LogP contribution in [0, 0.1) is 0 Å². The summed E-state index contributed by atoms with van der Waals surface area (Å²) >= 11 is 0.193. The van der Waals surface area contributed by atoms with Gasteiger partial charge in [0.05, 0.1) is 0 Å². The van der Waals surface area contributed by atoms with Crippen molar-refractivity contribution in [2.45, 2.75) is 19.7 Å². The van der Waals surface area contributed by atoms with E-state index in [1.807, 2.05) is 12.3 Å². The van der Waals surface area contributed by atoms with E-state index in [9.17, 15) is 0 Å². The number of benzene rings is 3. The zero-order valence-electron chi connectivity index (χ0n) is 14.3. The van der Waals surface area contributed by atoms with E-state index in [4.69, 9.17) is 4.74 Å². The van der Waals surface area contributed by atoms with Crippen molar-refractivity contribution in [1.29, 1.82) is 0 Å². The third-order valence-electron chi connectivity index (χ3n) is 4.14. The molecule has 0 amide bonds. The van der Waals surface area contributed by atoms with E-state index in [1.54, 1.807) is 0 Å². The van der Waals surface area contributed by atoms with Gasteiger partial charge >= 0.3 is 162 Å². The molecular formula is C23H20OSSe. The summed E-state index contributed by atoms with van der Waals surface area (Å²) in [4.78, 5) is 4.18. The van der Waals surface area contributed by atoms with E-state index < -0.39 is 8.45 Å². The van der Waals surface area contributed by atoms with E-state index in [0.29, 0.717) is 0 Å². The van der Waals surface area contributed by atoms with E-state index >= 15 is 0 Å². The first kappa shape index (κ1) is 17.2. The van der Waals surface area contributed by atoms with Gasteiger partial charge < -0.3 is 0 Å². The molecule has 0 radical (unpaired) electrons. The van der Waals surface area contributed by atoms with Crippen molar-refractivity contribution in [2.75, 3.05) is 0 Å². The van der Waals surface area contributed by atoms with Gasteiger partial charge in [0.1, 0.15) is 0 Å². The van der Waals surface area contributed by atoms with E-state index in [-0.39, 0.29) is 18.8 Å². The van der Waals surface area contributed by atoms with Gasteiger partial charge in [-0.05, 0) is 0 Å². The number of ether oxygens (including phenoxy) is 1. The molecule has 0 saturated heterocycles. The fourth-order valence-corrected chi connectivity index (χ4v) is 13.1. The molecule has 3 aromatic rings. The quantitative estimate of drug-likeness (QED) is 0.457. The van der Waals surface area contributed by atoms with Crippen molar-refractivity contribution < 1.29 is 4.74 Å². The molecule has 0 aromatic heterocycles. The van der Waals surface area contributed by atoms with E-state index in [1.165, 1.54) is 14.7 Å². The summed E-state index contributed by atoms with van der Waals surface area (Å²) in [6.07, 6.45) is 8.06. The summed E-state index contributed by atoms with van der Waals surface area (Å²) in [5, 5.41) is 0.128. The zero-order chi connectivity index (χ0) is 17.7. The molecule has 1 aliphatic rings. The Labute approximate surface area is 162 Å². The van der Waals surface area contributed by atoms with Crippen LogP contribution in [0.1, 0.15) is 0 Å². The number of hydrogen-bond acceptors (Lipinski definition) is 1. The first-order valence-electron chi connectivity index (χ1n) is 8.55. The van der Waals surface area contributed by atoms with Gasteiger partial charge in [0, 0.05) is 0 Å². The third-order valence-corrected chi connectivity index (χ3v) is 14.6. The maximum atomic E-state index is 5.98. The van der Waals surface area contributed by atoms with Crippen LogP contribution in [0.2, 0.25) is 0 Å². The second-order valence-corrected chi connectivity index (χ2v) is 13.9. The monoisotopic (exact) mass is 424 g/mol. The molecule has 1 aliphatic heterocycles. The molecule has 0 spiro atoms. The molecule has 0 saturated carbocycles. The Kier molecular flexibility index (Phi) is 5.31. The Morgan fingerprint density at radius 3 is 1.46 bits per heavy atom. The standard InChI is InChI=1S/C23H20OSSe/c1-4-12-20(13-5-1)25(21-14-6-2-7-15-21,22-16-8-3-9-17-22)26-23-18-10-11-19-24-23/h1-19,23H. The van der Waals surface area contributed by atoms with Gasteiger partial charge in [0.15, 0.2) is 0 Å². The topological polar surface area (TPSA) is 9.23 Å². The van der Waals surface area contributed by atoms with Gasteiger partial charge in [0.2, 0.25) is 0 Å². The molecule has 4 rings (SSSR count). The molecular weight excluding hydrogens is 403 g/mol. The summed E-state index contributed by atoms with van der Waals surface area (Å²) in [6, 6.07) is 32.8. The molecule has 3 heteroatoms. The van der Waals surface area contributed by atoms with Gasteiger partial charge in [-0.25, -0.2) is 0 Å². The van der Waals surface area contributed by atoms with Crippen molar-refractivity contribution in [3.63, 3.8) is 0 Å². The van der Waals surface area contributed by atoms with Gasteiger partial charge in [-0.2, -0.15) is 0 Å². The molecule has 0 bridgehead atoms. The first-order valence-corrected chi connectivity index (χ1v) is 13.2. The molecule has 26 heavy (non-hydrogen) atoms. The molecule has 0 fully saturated rings. The van der Waals surface area contributed by atoms with Crippen LogP contribution in [-0.2, 0) is 4.74 Å². The van der Waals surface area contributed by atoms with Crippen LogP contribution < -0.4 is 0 Å². The average molecular weight is 423 g/mol. The van der Waals surface area contributed by atoms with Crippen LogP contribution in [0.3, 0.4) is 0 Å². The molecule has 130 valence electrons. The average Bonchev–Trinajstić information content (AvgIpc) is 2.75. The van der Waals surface area contributed by atoms with Gasteiger partial charge in [-0.15, -0.1) is 0 Å². The Bertz CT molecular complexity index is 795. The maximum absolute atomic E-state index is 5.98. The van der Waals surface area contributed by atoms with Crippen LogP contribution in [0.4, 0.5) is 0 Å². The Hall–Kier alpha value is -2.19. The Morgan fingerprint density at radius 2 is 1.08 bits per heavy atom. The Balaban J connectivity index is 1.94. The van der Waals surface area contributed by atoms with Crippen LogP contribution in [-0.4, -0.2) is 18.8 Å². The molecule has 3 aromatic carbocycles. The van der Waals surface area contributed by atoms with E-state index in [2.05, 4.69) is 103 Å². The predicted octanol–water partition coefficient (Wildman–Crippen LogP) is 6.01. The predicted molar refractivity (Wildman–Crippen MR) is 111 cm³/mol. The first-order chi connectivity index (χ1) is 12.9. The van der Waals surface area contributed by atoms with Crippen LogP contribution in [0.15, 0.2) is 130 Å². The normalized spacial score (nSPS) is 16.8. The molecule has 1 heterocycles. The van der Waals surface area contributed by atoms with Crippen LogP contribution >= 0.6 is 8.45 Å². The summed E-state index contributed by atoms with van der Waals surface area (Å²) in [7, 11) is -1.38. The van der Waals surface area contributed by atoms with Gasteiger partial charge in [0.25, 0.3) is 0 Å². The summed E-state index contributed by atoms with van der Waals surface area (Å²) in [5.41, 5.74) is 0. The van der Waals surface area contributed by atoms with Gasteiger partial charge in [-0.1, -0.05) is 0 Å². The number of rotatable bonds is 5. The van der Waals surface area contributed by atoms with Gasteiger partial charge in [-0.3, -0.25) is 0 Å². The van der Waals surface area contributed by atoms with Crippen molar-refractivity contribution in [3.8, 4) is 0 Å². The summed E-state index contributed by atoms with van der Waals surface area (Å²) in [5.74, 6) is 0. The SMILES string of the molecule is C1=COC([Se]S(c2ccccc2)(c2ccccc2)c2ccccc2)C=C1. The minimum absolute atomic E-state index is 0.128. The second-order valence-electron chi connectivity index (χ2n) is 5.81. The molecule has 1 atom stereocenters. The number of allylic oxidation sites excluding steroid dienone is 2. The minimum atomic E-state index is -1.38. The molecule has 1 nitrogen and oxygen atoms in total. The third kappa shape index (κ3) is 3.39. The molecule has 0 aliphatic carbocycles. The fraction of sp³-hybridized carbons (Fsp3) is 0.0435. The summed E-state index contributed by atoms with van der Waals surface area (Å²) in [6.45, 7) is 0. The summed E-state index contributed by atoms with van der Waals surface area (Å²) < 4.78 is 5.98. The Morgan fingerprint density at radius 1 is 0.615 bits per heavy atom. The van der Waals surface area contributed by atoms with E-state index in [0.717, 1.165) is 0 Å². The molecule has 1 unspecified atom stereocenters. The van der Waals surface area contributed by atoms with Crippen molar-refractivity contribution in [2.24, 2.45) is 0 Å². The van der Waals surface area contributed by atoms with Crippen molar-refractivity contribution >= 4 is 22.3 Å². The molecule has 0 N–H and O–H groups in total.